The van der Waals surface area contributed by atoms with Gasteiger partial charge in [-0.3, -0.25) is 0 Å². The first-order chi connectivity index (χ1) is 10.5. The molecule has 0 bridgehead atoms. The zero-order valence-electron chi connectivity index (χ0n) is 13.4. The lowest BCUT2D eigenvalue weighted by atomic mass is 10.1. The van der Waals surface area contributed by atoms with Crippen molar-refractivity contribution in [1.82, 2.24) is 0 Å². The van der Waals surface area contributed by atoms with Crippen LogP contribution in [0.4, 0.5) is 0 Å². The third-order valence-corrected chi connectivity index (χ3v) is 3.18. The van der Waals surface area contributed by atoms with E-state index >= 15 is 0 Å². The second-order valence-corrected chi connectivity index (χ2v) is 5.10. The monoisotopic (exact) mass is 304 g/mol. The van der Waals surface area contributed by atoms with Gasteiger partial charge in [0, 0.05) is 11.1 Å². The van der Waals surface area contributed by atoms with E-state index in [9.17, 15) is 4.79 Å². The van der Waals surface area contributed by atoms with Crippen LogP contribution in [-0.4, -0.2) is 26.3 Å². The number of cyclic esters (lactones) is 1. The number of esters is 1. The lowest BCUT2D eigenvalue weighted by Gasteiger charge is -2.10. The average Bonchev–Trinajstić information content (AvgIpc) is 2.77. The smallest absolute Gasteiger partial charge is 0.379 e. The minimum absolute atomic E-state index is 0.108. The van der Waals surface area contributed by atoms with Crippen LogP contribution in [0, 0.1) is 0 Å². The van der Waals surface area contributed by atoms with Crippen LogP contribution in [0.5, 0.6) is 5.75 Å². The Morgan fingerprint density at radius 1 is 1.14 bits per heavy atom. The highest BCUT2D eigenvalue weighted by molar-refractivity contribution is 5.94. The summed E-state index contributed by atoms with van der Waals surface area (Å²) in [7, 11) is 3.14. The van der Waals surface area contributed by atoms with Crippen LogP contribution < -0.4 is 4.74 Å². The van der Waals surface area contributed by atoms with Crippen LogP contribution >= 0.6 is 0 Å². The molecule has 0 spiro atoms. The second kappa shape index (κ2) is 6.56. The van der Waals surface area contributed by atoms with Crippen LogP contribution in [0.25, 0.3) is 5.76 Å². The summed E-state index contributed by atoms with van der Waals surface area (Å²) < 4.78 is 21.4. The van der Waals surface area contributed by atoms with Gasteiger partial charge in [0.15, 0.2) is 11.5 Å². The van der Waals surface area contributed by atoms with E-state index in [1.165, 1.54) is 7.11 Å². The molecule has 0 saturated heterocycles. The first-order valence-electron chi connectivity index (χ1n) is 7.00. The van der Waals surface area contributed by atoms with Gasteiger partial charge in [0.1, 0.15) is 5.75 Å². The standard InChI is InChI=1S/C17H20O5/c1-10(2)21-15-11(3)14(22-17(15)18)16(20-5)12-6-8-13(19-4)9-7-12/h6-10H,1-5H3/b16-14-. The number of methoxy groups -OCH3 is 2. The third kappa shape index (κ3) is 3.08. The summed E-state index contributed by atoms with van der Waals surface area (Å²) in [6.07, 6.45) is -0.108. The highest BCUT2D eigenvalue weighted by Gasteiger charge is 2.33. The van der Waals surface area contributed by atoms with Gasteiger partial charge in [0.25, 0.3) is 0 Å². The number of hydrogen-bond donors (Lipinski definition) is 0. The predicted octanol–water partition coefficient (Wildman–Crippen LogP) is 3.27. The quantitative estimate of drug-likeness (QED) is 0.617. The Balaban J connectivity index is 2.45. The second-order valence-electron chi connectivity index (χ2n) is 5.10. The van der Waals surface area contributed by atoms with Crippen molar-refractivity contribution in [2.75, 3.05) is 14.2 Å². The fourth-order valence-electron chi connectivity index (χ4n) is 2.14. The van der Waals surface area contributed by atoms with Crippen molar-refractivity contribution in [3.05, 3.63) is 46.9 Å². The molecule has 2 rings (SSSR count). The molecule has 1 aromatic rings. The van der Waals surface area contributed by atoms with Gasteiger partial charge < -0.3 is 18.9 Å². The SMILES string of the molecule is CO/C(=C1\OC(=O)C(OC(C)C)=C1C)c1ccc(OC)cc1. The molecule has 0 aromatic heterocycles. The van der Waals surface area contributed by atoms with Gasteiger partial charge >= 0.3 is 5.97 Å². The number of carbonyl (C=O) groups is 1. The minimum Gasteiger partial charge on any atom is -0.497 e. The molecule has 1 aliphatic heterocycles. The lowest BCUT2D eigenvalue weighted by molar-refractivity contribution is -0.137. The molecule has 0 unspecified atom stereocenters. The molecule has 22 heavy (non-hydrogen) atoms. The van der Waals surface area contributed by atoms with Crippen molar-refractivity contribution in [2.24, 2.45) is 0 Å². The fourth-order valence-corrected chi connectivity index (χ4v) is 2.14. The Hall–Kier alpha value is -2.43. The molecule has 0 atom stereocenters. The summed E-state index contributed by atoms with van der Waals surface area (Å²) in [4.78, 5) is 12.0. The van der Waals surface area contributed by atoms with E-state index in [1.807, 2.05) is 38.1 Å². The van der Waals surface area contributed by atoms with Crippen LogP contribution in [0.1, 0.15) is 26.3 Å². The first kappa shape index (κ1) is 15.9. The van der Waals surface area contributed by atoms with Gasteiger partial charge in [0.2, 0.25) is 5.76 Å². The maximum absolute atomic E-state index is 12.0. The molecule has 5 heteroatoms. The molecule has 5 nitrogen and oxygen atoms in total. The molecular weight excluding hydrogens is 284 g/mol. The first-order valence-corrected chi connectivity index (χ1v) is 7.00. The van der Waals surface area contributed by atoms with E-state index < -0.39 is 5.97 Å². The van der Waals surface area contributed by atoms with Crippen molar-refractivity contribution in [1.29, 1.82) is 0 Å². The van der Waals surface area contributed by atoms with Crippen LogP contribution in [0.2, 0.25) is 0 Å². The molecule has 0 aliphatic carbocycles. The van der Waals surface area contributed by atoms with Gasteiger partial charge in [-0.05, 0) is 45.0 Å². The van der Waals surface area contributed by atoms with Gasteiger partial charge in [-0.25, -0.2) is 4.79 Å². The van der Waals surface area contributed by atoms with Gasteiger partial charge in [0.05, 0.1) is 20.3 Å². The van der Waals surface area contributed by atoms with E-state index in [1.54, 1.807) is 14.0 Å². The Morgan fingerprint density at radius 2 is 1.77 bits per heavy atom. The van der Waals surface area contributed by atoms with Gasteiger partial charge in [-0.15, -0.1) is 0 Å². The Labute approximate surface area is 130 Å². The summed E-state index contributed by atoms with van der Waals surface area (Å²) in [5.41, 5.74) is 1.42. The molecule has 118 valence electrons. The van der Waals surface area contributed by atoms with E-state index in [0.29, 0.717) is 17.1 Å². The normalized spacial score (nSPS) is 16.7. The summed E-state index contributed by atoms with van der Waals surface area (Å²) in [6.45, 7) is 5.49. The molecule has 0 saturated carbocycles. The molecule has 0 radical (unpaired) electrons. The number of carbonyl (C=O) groups excluding carboxylic acids is 1. The maximum Gasteiger partial charge on any atom is 0.379 e. The Bertz CT molecular complexity index is 623. The Morgan fingerprint density at radius 3 is 2.27 bits per heavy atom. The van der Waals surface area contributed by atoms with Gasteiger partial charge in [-0.1, -0.05) is 0 Å². The fraction of sp³-hybridized carbons (Fsp3) is 0.353. The van der Waals surface area contributed by atoms with Crippen molar-refractivity contribution < 1.29 is 23.7 Å². The number of ether oxygens (including phenoxy) is 4. The molecule has 0 N–H and O–H groups in total. The van der Waals surface area contributed by atoms with E-state index in [-0.39, 0.29) is 11.9 Å². The molecule has 1 aromatic carbocycles. The molecular formula is C17H20O5. The summed E-state index contributed by atoms with van der Waals surface area (Å²) >= 11 is 0. The molecule has 0 fully saturated rings. The highest BCUT2D eigenvalue weighted by atomic mass is 16.6. The van der Waals surface area contributed by atoms with Crippen LogP contribution in [-0.2, 0) is 19.0 Å². The van der Waals surface area contributed by atoms with E-state index in [4.69, 9.17) is 18.9 Å². The average molecular weight is 304 g/mol. The van der Waals surface area contributed by atoms with Crippen LogP contribution in [0.15, 0.2) is 41.4 Å². The summed E-state index contributed by atoms with van der Waals surface area (Å²) in [5, 5.41) is 0. The molecule has 0 amide bonds. The summed E-state index contributed by atoms with van der Waals surface area (Å²) in [6, 6.07) is 7.31. The molecule has 1 aliphatic rings. The molecule has 1 heterocycles. The van der Waals surface area contributed by atoms with Crippen molar-refractivity contribution >= 4 is 11.7 Å². The van der Waals surface area contributed by atoms with Crippen molar-refractivity contribution in [3.8, 4) is 5.75 Å². The number of benzene rings is 1. The minimum atomic E-state index is -0.496. The lowest BCUT2D eigenvalue weighted by Crippen LogP contribution is -2.08. The maximum atomic E-state index is 12.0. The van der Waals surface area contributed by atoms with Crippen molar-refractivity contribution in [2.45, 2.75) is 26.9 Å². The van der Waals surface area contributed by atoms with Crippen LogP contribution in [0.3, 0.4) is 0 Å². The Kier molecular flexibility index (Phi) is 4.75. The predicted molar refractivity (Wildman–Crippen MR) is 81.9 cm³/mol. The largest absolute Gasteiger partial charge is 0.497 e. The number of hydrogen-bond acceptors (Lipinski definition) is 5. The number of rotatable bonds is 5. The zero-order valence-corrected chi connectivity index (χ0v) is 13.4. The third-order valence-electron chi connectivity index (χ3n) is 3.18. The number of allylic oxidation sites excluding steroid dienone is 1. The van der Waals surface area contributed by atoms with Crippen molar-refractivity contribution in [3.63, 3.8) is 0 Å². The highest BCUT2D eigenvalue weighted by Crippen LogP contribution is 2.34. The topological polar surface area (TPSA) is 54.0 Å². The zero-order chi connectivity index (χ0) is 16.3. The summed E-state index contributed by atoms with van der Waals surface area (Å²) in [5.74, 6) is 1.34. The van der Waals surface area contributed by atoms with E-state index in [0.717, 1.165) is 11.3 Å². The van der Waals surface area contributed by atoms with Gasteiger partial charge in [-0.2, -0.15) is 0 Å². The van der Waals surface area contributed by atoms with E-state index in [2.05, 4.69) is 0 Å².